The third-order valence-corrected chi connectivity index (χ3v) is 7.33. The van der Waals surface area contributed by atoms with Crippen molar-refractivity contribution in [1.29, 1.82) is 0 Å². The molecule has 0 heterocycles. The maximum atomic E-state index is 12.1. The van der Waals surface area contributed by atoms with Crippen molar-refractivity contribution in [3.05, 3.63) is 69.8 Å². The predicted molar refractivity (Wildman–Crippen MR) is 122 cm³/mol. The van der Waals surface area contributed by atoms with E-state index in [1.807, 2.05) is 24.3 Å². The van der Waals surface area contributed by atoms with Gasteiger partial charge in [-0.15, -0.1) is 0 Å². The van der Waals surface area contributed by atoms with Crippen LogP contribution in [0.4, 0.5) is 0 Å². The molecule has 1 fully saturated rings. The lowest BCUT2D eigenvalue weighted by atomic mass is 9.62. The number of rotatable bonds is 3. The van der Waals surface area contributed by atoms with Gasteiger partial charge in [0, 0.05) is 24.0 Å². The van der Waals surface area contributed by atoms with Crippen LogP contribution >= 0.6 is 0 Å². The van der Waals surface area contributed by atoms with E-state index in [4.69, 9.17) is 0 Å². The van der Waals surface area contributed by atoms with Crippen molar-refractivity contribution in [2.45, 2.75) is 77.0 Å². The van der Waals surface area contributed by atoms with Crippen molar-refractivity contribution in [2.75, 3.05) is 0 Å². The Balaban J connectivity index is 1.75. The summed E-state index contributed by atoms with van der Waals surface area (Å²) < 4.78 is 0. The molecule has 2 aliphatic rings. The Hall–Kier alpha value is -2.75. The molecule has 0 saturated heterocycles. The molecule has 2 aromatic rings. The first kappa shape index (κ1) is 21.5. The Kier molecular flexibility index (Phi) is 5.15. The van der Waals surface area contributed by atoms with Gasteiger partial charge in [-0.05, 0) is 58.9 Å². The standard InChI is InChI=1S/C27H31NO3/c1-16-14-20-21(27(4,5)13-12-26(20,2)3)15-19(16)25(28-31)18-8-6-17(7-9-18)24-22(29)10-11-23(24)30/h6-9,14-15,24,31H,10-13H2,1-5H3/b28-25+. The Bertz CT molecular complexity index is 1070. The van der Waals surface area contributed by atoms with Crippen molar-refractivity contribution >= 4 is 17.3 Å². The van der Waals surface area contributed by atoms with Crippen LogP contribution in [-0.4, -0.2) is 22.5 Å². The van der Waals surface area contributed by atoms with E-state index in [0.717, 1.165) is 35.1 Å². The van der Waals surface area contributed by atoms with Crippen molar-refractivity contribution in [3.8, 4) is 0 Å². The van der Waals surface area contributed by atoms with Crippen LogP contribution in [0, 0.1) is 6.92 Å². The van der Waals surface area contributed by atoms with Crippen LogP contribution in [0.1, 0.15) is 92.7 Å². The molecule has 0 atom stereocenters. The topological polar surface area (TPSA) is 66.7 Å². The molecular formula is C27H31NO3. The first-order valence-corrected chi connectivity index (χ1v) is 11.1. The van der Waals surface area contributed by atoms with E-state index in [9.17, 15) is 14.8 Å². The highest BCUT2D eigenvalue weighted by molar-refractivity contribution is 6.15. The average molecular weight is 418 g/mol. The fourth-order valence-corrected chi connectivity index (χ4v) is 5.16. The smallest absolute Gasteiger partial charge is 0.148 e. The third-order valence-electron chi connectivity index (χ3n) is 7.33. The van der Waals surface area contributed by atoms with Gasteiger partial charge in [0.1, 0.15) is 23.2 Å². The van der Waals surface area contributed by atoms with Crippen LogP contribution in [0.5, 0.6) is 0 Å². The second-order valence-corrected chi connectivity index (χ2v) is 10.4. The minimum absolute atomic E-state index is 0.0100. The van der Waals surface area contributed by atoms with E-state index in [2.05, 4.69) is 51.9 Å². The molecule has 0 aliphatic heterocycles. The molecule has 0 radical (unpaired) electrons. The number of carbonyl (C=O) groups excluding carboxylic acids is 2. The average Bonchev–Trinajstić information content (AvgIpc) is 3.06. The zero-order chi connectivity index (χ0) is 22.6. The normalized spacial score (nSPS) is 20.7. The van der Waals surface area contributed by atoms with Gasteiger partial charge in [0.2, 0.25) is 0 Å². The van der Waals surface area contributed by atoms with Gasteiger partial charge in [0.25, 0.3) is 0 Å². The summed E-state index contributed by atoms with van der Waals surface area (Å²) in [5.41, 5.74) is 6.83. The molecule has 0 aromatic heterocycles. The zero-order valence-corrected chi connectivity index (χ0v) is 19.1. The van der Waals surface area contributed by atoms with Gasteiger partial charge in [-0.3, -0.25) is 9.59 Å². The number of ketones is 2. The molecule has 1 N–H and O–H groups in total. The lowest BCUT2D eigenvalue weighted by Gasteiger charge is -2.42. The maximum Gasteiger partial charge on any atom is 0.148 e. The molecule has 4 nitrogen and oxygen atoms in total. The zero-order valence-electron chi connectivity index (χ0n) is 19.1. The summed E-state index contributed by atoms with van der Waals surface area (Å²) in [5, 5.41) is 13.6. The van der Waals surface area contributed by atoms with Crippen LogP contribution < -0.4 is 0 Å². The highest BCUT2D eigenvalue weighted by Crippen LogP contribution is 2.46. The van der Waals surface area contributed by atoms with Crippen LogP contribution in [0.25, 0.3) is 0 Å². The van der Waals surface area contributed by atoms with E-state index in [1.165, 1.54) is 11.1 Å². The van der Waals surface area contributed by atoms with E-state index in [0.29, 0.717) is 18.6 Å². The Morgan fingerprint density at radius 1 is 0.903 bits per heavy atom. The van der Waals surface area contributed by atoms with Gasteiger partial charge in [-0.25, -0.2) is 0 Å². The van der Waals surface area contributed by atoms with Gasteiger partial charge in [-0.1, -0.05) is 63.2 Å². The lowest BCUT2D eigenvalue weighted by molar-refractivity contribution is -0.123. The van der Waals surface area contributed by atoms with E-state index in [-0.39, 0.29) is 22.4 Å². The van der Waals surface area contributed by atoms with Gasteiger partial charge in [-0.2, -0.15) is 0 Å². The maximum absolute atomic E-state index is 12.1. The number of carbonyl (C=O) groups is 2. The van der Waals surface area contributed by atoms with Crippen LogP contribution in [0.15, 0.2) is 41.6 Å². The lowest BCUT2D eigenvalue weighted by Crippen LogP contribution is -2.34. The molecule has 0 spiro atoms. The fraction of sp³-hybridized carbons (Fsp3) is 0.444. The molecule has 31 heavy (non-hydrogen) atoms. The molecule has 4 rings (SSSR count). The Morgan fingerprint density at radius 3 is 1.94 bits per heavy atom. The quantitative estimate of drug-likeness (QED) is 0.306. The van der Waals surface area contributed by atoms with Gasteiger partial charge in [0.15, 0.2) is 0 Å². The largest absolute Gasteiger partial charge is 0.410 e. The summed E-state index contributed by atoms with van der Waals surface area (Å²) in [6.45, 7) is 11.2. The van der Waals surface area contributed by atoms with E-state index in [1.54, 1.807) is 0 Å². The molecule has 0 bridgehead atoms. The molecule has 1 saturated carbocycles. The highest BCUT2D eigenvalue weighted by atomic mass is 16.4. The number of nitrogens with zero attached hydrogens (tertiary/aromatic N) is 1. The van der Waals surface area contributed by atoms with Crippen molar-refractivity contribution < 1.29 is 14.8 Å². The van der Waals surface area contributed by atoms with Gasteiger partial charge >= 0.3 is 0 Å². The van der Waals surface area contributed by atoms with Crippen molar-refractivity contribution in [1.82, 2.24) is 0 Å². The second-order valence-electron chi connectivity index (χ2n) is 10.4. The number of oxime groups is 1. The van der Waals surface area contributed by atoms with E-state index >= 15 is 0 Å². The highest BCUT2D eigenvalue weighted by Gasteiger charge is 2.38. The number of Topliss-reactive ketones (excluding diaryl/α,β-unsaturated/α-hetero) is 2. The number of benzene rings is 2. The summed E-state index contributed by atoms with van der Waals surface area (Å²) in [6.07, 6.45) is 2.91. The van der Waals surface area contributed by atoms with Crippen LogP contribution in [-0.2, 0) is 20.4 Å². The Labute approximate surface area is 184 Å². The molecule has 4 heteroatoms. The summed E-state index contributed by atoms with van der Waals surface area (Å²) in [7, 11) is 0. The third kappa shape index (κ3) is 3.62. The minimum Gasteiger partial charge on any atom is -0.410 e. The fourth-order valence-electron chi connectivity index (χ4n) is 5.16. The summed E-state index contributed by atoms with van der Waals surface area (Å²) in [4.78, 5) is 24.2. The molecule has 162 valence electrons. The predicted octanol–water partition coefficient (Wildman–Crippen LogP) is 5.59. The number of hydrogen-bond donors (Lipinski definition) is 1. The molecular weight excluding hydrogens is 386 g/mol. The SMILES string of the molecule is Cc1cc2c(cc1/C(=N/O)c1ccc(C3C(=O)CCC3=O)cc1)C(C)(C)CCC2(C)C. The number of aryl methyl sites for hydroxylation is 1. The number of fused-ring (bicyclic) bond motifs is 1. The van der Waals surface area contributed by atoms with Crippen molar-refractivity contribution in [3.63, 3.8) is 0 Å². The van der Waals surface area contributed by atoms with E-state index < -0.39 is 5.92 Å². The number of hydrogen-bond acceptors (Lipinski definition) is 4. The molecule has 0 amide bonds. The summed E-state index contributed by atoms with van der Waals surface area (Å²) in [5.74, 6) is -0.662. The molecule has 2 aliphatic carbocycles. The monoisotopic (exact) mass is 417 g/mol. The van der Waals surface area contributed by atoms with Crippen molar-refractivity contribution in [2.24, 2.45) is 5.16 Å². The summed E-state index contributed by atoms with van der Waals surface area (Å²) >= 11 is 0. The van der Waals surface area contributed by atoms with Crippen LogP contribution in [0.2, 0.25) is 0 Å². The first-order chi connectivity index (χ1) is 14.5. The summed E-state index contributed by atoms with van der Waals surface area (Å²) in [6, 6.07) is 11.8. The minimum atomic E-state index is -0.642. The van der Waals surface area contributed by atoms with Crippen LogP contribution in [0.3, 0.4) is 0 Å². The molecule has 0 unspecified atom stereocenters. The second kappa shape index (κ2) is 7.44. The Morgan fingerprint density at radius 2 is 1.42 bits per heavy atom. The van der Waals surface area contributed by atoms with Gasteiger partial charge in [0.05, 0.1) is 0 Å². The van der Waals surface area contributed by atoms with Gasteiger partial charge < -0.3 is 5.21 Å². The molecule has 2 aromatic carbocycles. The first-order valence-electron chi connectivity index (χ1n) is 11.1.